The van der Waals surface area contributed by atoms with Crippen molar-refractivity contribution in [2.75, 3.05) is 26.3 Å². The molecular weight excluding hydrogens is 318 g/mol. The van der Waals surface area contributed by atoms with Gasteiger partial charge in [-0.25, -0.2) is 4.58 Å². The molecule has 2 nitrogen and oxygen atoms in total. The van der Waals surface area contributed by atoms with Crippen molar-refractivity contribution < 1.29 is 9.31 Å². The number of allylic oxidation sites excluding steroid dienone is 4. The van der Waals surface area contributed by atoms with E-state index in [9.17, 15) is 0 Å². The van der Waals surface area contributed by atoms with Gasteiger partial charge in [-0.2, -0.15) is 0 Å². The van der Waals surface area contributed by atoms with E-state index in [1.54, 1.807) is 0 Å². The number of hydrogen-bond donors (Lipinski definition) is 0. The van der Waals surface area contributed by atoms with Gasteiger partial charge in [0.25, 0.3) is 0 Å². The van der Waals surface area contributed by atoms with Gasteiger partial charge in [0.2, 0.25) is 5.71 Å². The number of nitrogens with zero attached hydrogens (tertiary/aromatic N) is 1. The molecule has 2 heteroatoms. The minimum Gasteiger partial charge on any atom is -0.368 e. The Bertz CT molecular complexity index is 884. The average Bonchev–Trinajstić information content (AvgIpc) is 3.33. The van der Waals surface area contributed by atoms with Crippen LogP contribution in [0.15, 0.2) is 78.4 Å². The van der Waals surface area contributed by atoms with Gasteiger partial charge in [-0.15, -0.1) is 0 Å². The van der Waals surface area contributed by atoms with Crippen LogP contribution in [0.1, 0.15) is 17.5 Å². The molecule has 0 spiro atoms. The molecule has 2 bridgehead atoms. The fourth-order valence-corrected chi connectivity index (χ4v) is 4.71. The summed E-state index contributed by atoms with van der Waals surface area (Å²) in [5, 5.41) is 0. The molecular formula is C24H24NO+. The summed E-state index contributed by atoms with van der Waals surface area (Å²) in [7, 11) is 0. The summed E-state index contributed by atoms with van der Waals surface area (Å²) in [4.78, 5) is 0. The molecule has 0 radical (unpaired) electrons. The molecule has 130 valence electrons. The molecule has 0 aromatic heterocycles. The summed E-state index contributed by atoms with van der Waals surface area (Å²) >= 11 is 0. The Morgan fingerprint density at radius 1 is 0.808 bits per heavy atom. The second-order valence-corrected chi connectivity index (χ2v) is 7.34. The van der Waals surface area contributed by atoms with Crippen LogP contribution in [0.4, 0.5) is 0 Å². The molecule has 26 heavy (non-hydrogen) atoms. The number of ether oxygens (including phenoxy) is 1. The predicted molar refractivity (Wildman–Crippen MR) is 105 cm³/mol. The maximum absolute atomic E-state index is 5.64. The zero-order chi connectivity index (χ0) is 17.3. The summed E-state index contributed by atoms with van der Waals surface area (Å²) < 4.78 is 8.18. The zero-order valence-corrected chi connectivity index (χ0v) is 15.0. The first-order valence-corrected chi connectivity index (χ1v) is 9.65. The van der Waals surface area contributed by atoms with Crippen LogP contribution in [0, 0.1) is 11.8 Å². The van der Waals surface area contributed by atoms with Crippen molar-refractivity contribution in [2.24, 2.45) is 11.8 Å². The van der Waals surface area contributed by atoms with Crippen molar-refractivity contribution in [3.8, 4) is 0 Å². The quantitative estimate of drug-likeness (QED) is 0.602. The van der Waals surface area contributed by atoms with Crippen molar-refractivity contribution in [3.05, 3.63) is 89.5 Å². The van der Waals surface area contributed by atoms with Gasteiger partial charge in [0.1, 0.15) is 13.2 Å². The predicted octanol–water partition coefficient (Wildman–Crippen LogP) is 4.18. The summed E-state index contributed by atoms with van der Waals surface area (Å²) in [5.41, 5.74) is 7.20. The second kappa shape index (κ2) is 6.69. The highest BCUT2D eigenvalue weighted by Crippen LogP contribution is 2.49. The van der Waals surface area contributed by atoms with Crippen molar-refractivity contribution in [1.82, 2.24) is 0 Å². The van der Waals surface area contributed by atoms with Crippen LogP contribution in [0.25, 0.3) is 5.57 Å². The van der Waals surface area contributed by atoms with Gasteiger partial charge in [0.15, 0.2) is 13.1 Å². The van der Waals surface area contributed by atoms with E-state index in [0.29, 0.717) is 11.8 Å². The van der Waals surface area contributed by atoms with Gasteiger partial charge in [-0.1, -0.05) is 60.7 Å². The lowest BCUT2D eigenvalue weighted by atomic mass is 9.86. The third kappa shape index (κ3) is 2.65. The van der Waals surface area contributed by atoms with E-state index in [0.717, 1.165) is 26.3 Å². The lowest BCUT2D eigenvalue weighted by Crippen LogP contribution is -2.35. The van der Waals surface area contributed by atoms with E-state index >= 15 is 0 Å². The Morgan fingerprint density at radius 2 is 1.46 bits per heavy atom. The van der Waals surface area contributed by atoms with E-state index in [-0.39, 0.29) is 0 Å². The number of benzene rings is 2. The summed E-state index contributed by atoms with van der Waals surface area (Å²) in [6, 6.07) is 21.9. The van der Waals surface area contributed by atoms with Gasteiger partial charge in [0, 0.05) is 23.0 Å². The van der Waals surface area contributed by atoms with Gasteiger partial charge < -0.3 is 4.74 Å². The van der Waals surface area contributed by atoms with Crippen LogP contribution < -0.4 is 0 Å². The Hall–Kier alpha value is -2.45. The van der Waals surface area contributed by atoms with E-state index < -0.39 is 0 Å². The second-order valence-electron chi connectivity index (χ2n) is 7.34. The third-order valence-corrected chi connectivity index (χ3v) is 5.83. The van der Waals surface area contributed by atoms with Crippen molar-refractivity contribution in [2.45, 2.75) is 6.42 Å². The number of rotatable bonds is 3. The molecule has 1 aliphatic heterocycles. The van der Waals surface area contributed by atoms with Gasteiger partial charge in [-0.3, -0.25) is 0 Å². The van der Waals surface area contributed by atoms with E-state index in [1.165, 1.54) is 34.4 Å². The molecule has 2 aromatic rings. The monoisotopic (exact) mass is 342 g/mol. The van der Waals surface area contributed by atoms with Gasteiger partial charge in [-0.05, 0) is 29.7 Å². The molecule has 2 aliphatic carbocycles. The minimum absolute atomic E-state index is 0.535. The fraction of sp³-hybridized carbons (Fsp3) is 0.292. The van der Waals surface area contributed by atoms with Crippen LogP contribution in [-0.4, -0.2) is 36.6 Å². The molecule has 1 saturated heterocycles. The molecule has 1 fully saturated rings. The van der Waals surface area contributed by atoms with Gasteiger partial charge >= 0.3 is 0 Å². The molecule has 2 unspecified atom stereocenters. The molecule has 0 amide bonds. The van der Waals surface area contributed by atoms with Crippen LogP contribution in [-0.2, 0) is 4.74 Å². The lowest BCUT2D eigenvalue weighted by molar-refractivity contribution is -0.548. The van der Waals surface area contributed by atoms with Crippen molar-refractivity contribution in [1.29, 1.82) is 0 Å². The first-order valence-electron chi connectivity index (χ1n) is 9.65. The SMILES string of the molecule is C1=CC2CC1C(C(c1ccccc1)=[N+]1CCOCC1)=C2c1ccccc1. The first-order chi connectivity index (χ1) is 12.9. The highest BCUT2D eigenvalue weighted by molar-refractivity contribution is 6.15. The molecule has 5 rings (SSSR count). The maximum Gasteiger partial charge on any atom is 0.211 e. The number of hydrogen-bond acceptors (Lipinski definition) is 1. The molecule has 1 heterocycles. The molecule has 0 saturated carbocycles. The molecule has 3 aliphatic rings. The van der Waals surface area contributed by atoms with Crippen LogP contribution in [0.2, 0.25) is 0 Å². The number of fused-ring (bicyclic) bond motifs is 2. The smallest absolute Gasteiger partial charge is 0.211 e. The third-order valence-electron chi connectivity index (χ3n) is 5.83. The Morgan fingerprint density at radius 3 is 2.19 bits per heavy atom. The maximum atomic E-state index is 5.64. The van der Waals surface area contributed by atoms with Crippen LogP contribution >= 0.6 is 0 Å². The molecule has 0 N–H and O–H groups in total. The molecule has 2 aromatic carbocycles. The fourth-order valence-electron chi connectivity index (χ4n) is 4.71. The Balaban J connectivity index is 1.74. The van der Waals surface area contributed by atoms with E-state index in [4.69, 9.17) is 4.74 Å². The Labute approximate surface area is 155 Å². The number of morpholine rings is 1. The van der Waals surface area contributed by atoms with E-state index in [1.807, 2.05) is 0 Å². The minimum atomic E-state index is 0.535. The summed E-state index contributed by atoms with van der Waals surface area (Å²) in [6.45, 7) is 3.57. The normalized spacial score (nSPS) is 24.4. The van der Waals surface area contributed by atoms with Crippen molar-refractivity contribution in [3.63, 3.8) is 0 Å². The lowest BCUT2D eigenvalue weighted by Gasteiger charge is -2.21. The standard InChI is InChI=1S/C24H24NO/c1-3-7-18(8-4-1)22-20-11-12-21(17-20)23(22)24(19-9-5-2-6-10-19)25-13-15-26-16-14-25/h1-12,20-21H,13-17H2/q+1. The summed E-state index contributed by atoms with van der Waals surface area (Å²) in [5.74, 6) is 1.09. The largest absolute Gasteiger partial charge is 0.368 e. The Kier molecular flexibility index (Phi) is 4.06. The highest BCUT2D eigenvalue weighted by Gasteiger charge is 2.41. The van der Waals surface area contributed by atoms with Crippen LogP contribution in [0.5, 0.6) is 0 Å². The van der Waals surface area contributed by atoms with Gasteiger partial charge in [0.05, 0.1) is 0 Å². The van der Waals surface area contributed by atoms with Crippen molar-refractivity contribution >= 4 is 11.3 Å². The zero-order valence-electron chi connectivity index (χ0n) is 15.0. The average molecular weight is 342 g/mol. The summed E-state index contributed by atoms with van der Waals surface area (Å²) in [6.07, 6.45) is 6.06. The topological polar surface area (TPSA) is 12.2 Å². The van der Waals surface area contributed by atoms with Crippen LogP contribution in [0.3, 0.4) is 0 Å². The molecule has 2 atom stereocenters. The van der Waals surface area contributed by atoms with E-state index in [2.05, 4.69) is 77.4 Å². The highest BCUT2D eigenvalue weighted by atomic mass is 16.5. The first kappa shape index (κ1) is 15.8.